The van der Waals surface area contributed by atoms with E-state index in [9.17, 15) is 0 Å². The molecular weight excluding hydrogens is 224 g/mol. The van der Waals surface area contributed by atoms with Crippen LogP contribution < -0.4 is 0 Å². The second-order valence-electron chi connectivity index (χ2n) is 3.56. The molecule has 0 spiro atoms. The van der Waals surface area contributed by atoms with Gasteiger partial charge < -0.3 is 0 Å². The van der Waals surface area contributed by atoms with Gasteiger partial charge in [-0.05, 0) is 35.6 Å². The van der Waals surface area contributed by atoms with Gasteiger partial charge in [-0.3, -0.25) is 0 Å². The van der Waals surface area contributed by atoms with Crippen molar-refractivity contribution in [2.75, 3.05) is 0 Å². The van der Waals surface area contributed by atoms with Crippen LogP contribution in [0.3, 0.4) is 0 Å². The van der Waals surface area contributed by atoms with Crippen LogP contribution in [-0.4, -0.2) is 16.0 Å². The molecule has 1 aromatic rings. The Morgan fingerprint density at radius 2 is 1.33 bits per heavy atom. The standard InChI is InChI=1S/C11H8N2S2/c14-7-12-11(13-8-15)5-9-1-2-10(6-11)4-3-9/h1-4H,5-6H2. The monoisotopic (exact) mass is 232 g/mol. The molecule has 2 aliphatic carbocycles. The van der Waals surface area contributed by atoms with E-state index in [1.54, 1.807) is 0 Å². The van der Waals surface area contributed by atoms with E-state index in [2.05, 4.69) is 69.0 Å². The summed E-state index contributed by atoms with van der Waals surface area (Å²) < 4.78 is 0. The van der Waals surface area contributed by atoms with Crippen LogP contribution in [0.4, 0.5) is 0 Å². The lowest BCUT2D eigenvalue weighted by molar-refractivity contribution is 0.456. The molecule has 0 N–H and O–H groups in total. The summed E-state index contributed by atoms with van der Waals surface area (Å²) in [4.78, 5) is 8.31. The molecule has 0 amide bonds. The number of thiocarbonyl (C=S) groups is 2. The molecule has 1 aromatic carbocycles. The largest absolute Gasteiger partial charge is 0.200 e. The quantitative estimate of drug-likeness (QED) is 0.578. The van der Waals surface area contributed by atoms with Gasteiger partial charge in [-0.25, -0.2) is 9.98 Å². The van der Waals surface area contributed by atoms with Crippen LogP contribution in [0.5, 0.6) is 0 Å². The topological polar surface area (TPSA) is 24.7 Å². The van der Waals surface area contributed by atoms with Gasteiger partial charge in [0.1, 0.15) is 0 Å². The van der Waals surface area contributed by atoms with Crippen LogP contribution >= 0.6 is 24.4 Å². The molecule has 2 nitrogen and oxygen atoms in total. The normalized spacial score (nSPS) is 16.0. The first-order valence-electron chi connectivity index (χ1n) is 4.54. The van der Waals surface area contributed by atoms with Gasteiger partial charge >= 0.3 is 0 Å². The zero-order valence-corrected chi connectivity index (χ0v) is 9.57. The third-order valence-electron chi connectivity index (χ3n) is 2.50. The Balaban J connectivity index is 2.50. The maximum Gasteiger partial charge on any atom is 0.178 e. The molecule has 0 heterocycles. The van der Waals surface area contributed by atoms with Crippen molar-refractivity contribution in [1.29, 1.82) is 0 Å². The maximum absolute atomic E-state index is 4.66. The first kappa shape index (κ1) is 10.3. The zero-order valence-electron chi connectivity index (χ0n) is 7.93. The lowest BCUT2D eigenvalue weighted by Crippen LogP contribution is -2.28. The second-order valence-corrected chi connectivity index (χ2v) is 3.92. The summed E-state index contributed by atoms with van der Waals surface area (Å²) in [7, 11) is 0. The van der Waals surface area contributed by atoms with Gasteiger partial charge in [0.25, 0.3) is 0 Å². The highest BCUT2D eigenvalue weighted by atomic mass is 32.1. The van der Waals surface area contributed by atoms with Crippen LogP contribution in [0.1, 0.15) is 11.1 Å². The van der Waals surface area contributed by atoms with Crippen LogP contribution in [0.15, 0.2) is 34.3 Å². The summed E-state index contributed by atoms with van der Waals surface area (Å²) >= 11 is 9.33. The van der Waals surface area contributed by atoms with Gasteiger partial charge in [0.15, 0.2) is 5.66 Å². The van der Waals surface area contributed by atoms with Gasteiger partial charge in [0, 0.05) is 12.8 Å². The molecule has 74 valence electrons. The molecule has 0 atom stereocenters. The van der Waals surface area contributed by atoms with Crippen molar-refractivity contribution in [2.24, 2.45) is 9.98 Å². The van der Waals surface area contributed by atoms with Gasteiger partial charge in [0.05, 0.1) is 10.3 Å². The van der Waals surface area contributed by atoms with E-state index in [1.165, 1.54) is 11.1 Å². The fourth-order valence-corrected chi connectivity index (χ4v) is 2.18. The van der Waals surface area contributed by atoms with Crippen molar-refractivity contribution in [1.82, 2.24) is 0 Å². The Kier molecular flexibility index (Phi) is 2.85. The molecule has 15 heavy (non-hydrogen) atoms. The lowest BCUT2D eigenvalue weighted by atomic mass is 10.0. The summed E-state index contributed by atoms with van der Waals surface area (Å²) in [5.41, 5.74) is 1.75. The minimum Gasteiger partial charge on any atom is -0.200 e. The number of fused-ring (bicyclic) bond motifs is 4. The van der Waals surface area contributed by atoms with Crippen molar-refractivity contribution < 1.29 is 0 Å². The molecule has 0 aliphatic heterocycles. The van der Waals surface area contributed by atoms with E-state index in [0.717, 1.165) is 0 Å². The summed E-state index contributed by atoms with van der Waals surface area (Å²) in [6, 6.07) is 8.31. The number of aliphatic imine (C=N–C) groups is 2. The predicted octanol–water partition coefficient (Wildman–Crippen LogP) is 2.69. The number of nitrogens with zero attached hydrogens (tertiary/aromatic N) is 2. The fourth-order valence-electron chi connectivity index (χ4n) is 1.84. The highest BCUT2D eigenvalue weighted by Gasteiger charge is 2.31. The number of rotatable bonds is 2. The van der Waals surface area contributed by atoms with Crippen molar-refractivity contribution in [2.45, 2.75) is 18.5 Å². The summed E-state index contributed by atoms with van der Waals surface area (Å²) in [6.45, 7) is 0. The Morgan fingerprint density at radius 1 is 0.933 bits per heavy atom. The third kappa shape index (κ3) is 2.09. The molecule has 0 saturated carbocycles. The highest BCUT2D eigenvalue weighted by molar-refractivity contribution is 7.78. The van der Waals surface area contributed by atoms with Gasteiger partial charge in [-0.2, -0.15) is 0 Å². The van der Waals surface area contributed by atoms with E-state index in [1.807, 2.05) is 0 Å². The second kappa shape index (κ2) is 4.13. The lowest BCUT2D eigenvalue weighted by Gasteiger charge is -2.19. The average molecular weight is 232 g/mol. The average Bonchev–Trinajstić information content (AvgIpc) is 2.47. The van der Waals surface area contributed by atoms with Crippen LogP contribution in [-0.2, 0) is 12.8 Å². The maximum atomic E-state index is 4.66. The summed E-state index contributed by atoms with van der Waals surface area (Å²) in [6.07, 6.45) is 1.41. The molecule has 3 rings (SSSR count). The third-order valence-corrected chi connectivity index (χ3v) is 2.69. The number of hydrogen-bond acceptors (Lipinski definition) is 4. The Labute approximate surface area is 98.8 Å². The van der Waals surface area contributed by atoms with Crippen LogP contribution in [0.25, 0.3) is 0 Å². The molecule has 2 bridgehead atoms. The minimum absolute atomic E-state index is 0.610. The number of benzene rings is 1. The predicted molar refractivity (Wildman–Crippen MR) is 66.6 cm³/mol. The summed E-state index contributed by atoms with van der Waals surface area (Å²) in [5, 5.41) is 4.81. The van der Waals surface area contributed by atoms with E-state index in [-0.39, 0.29) is 0 Å². The van der Waals surface area contributed by atoms with E-state index in [0.29, 0.717) is 12.8 Å². The molecule has 2 aliphatic rings. The molecule has 0 fully saturated rings. The fraction of sp³-hybridized carbons (Fsp3) is 0.273. The number of hydrogen-bond donors (Lipinski definition) is 0. The van der Waals surface area contributed by atoms with Crippen molar-refractivity contribution in [3.05, 3.63) is 35.4 Å². The molecule has 0 unspecified atom stereocenters. The summed E-state index contributed by atoms with van der Waals surface area (Å²) in [5.74, 6) is 0. The molecule has 4 heteroatoms. The van der Waals surface area contributed by atoms with Crippen molar-refractivity contribution >= 4 is 34.8 Å². The highest BCUT2D eigenvalue weighted by Crippen LogP contribution is 2.28. The van der Waals surface area contributed by atoms with Gasteiger partial charge in [0.2, 0.25) is 0 Å². The van der Waals surface area contributed by atoms with E-state index < -0.39 is 5.66 Å². The zero-order chi connectivity index (χ0) is 10.7. The van der Waals surface area contributed by atoms with Gasteiger partial charge in [-0.15, -0.1) is 0 Å². The first-order chi connectivity index (χ1) is 7.28. The van der Waals surface area contributed by atoms with E-state index in [4.69, 9.17) is 0 Å². The van der Waals surface area contributed by atoms with E-state index >= 15 is 0 Å². The number of isothiocyanates is 2. The van der Waals surface area contributed by atoms with Crippen molar-refractivity contribution in [3.63, 3.8) is 0 Å². The SMILES string of the molecule is S=C=NC1(N=C=S)Cc2ccc(cc2)C1. The molecule has 0 aromatic heterocycles. The molecule has 0 radical (unpaired) electrons. The molecule has 0 saturated heterocycles. The Hall–Kier alpha value is -1.18. The molecular formula is C11H8N2S2. The first-order valence-corrected chi connectivity index (χ1v) is 5.35. The van der Waals surface area contributed by atoms with Gasteiger partial charge in [-0.1, -0.05) is 24.3 Å². The van der Waals surface area contributed by atoms with Crippen LogP contribution in [0.2, 0.25) is 0 Å². The minimum atomic E-state index is -0.610. The van der Waals surface area contributed by atoms with Crippen molar-refractivity contribution in [3.8, 4) is 0 Å². The Morgan fingerprint density at radius 3 is 1.67 bits per heavy atom. The Bertz CT molecular complexity index is 421. The van der Waals surface area contributed by atoms with Crippen LogP contribution in [0, 0.1) is 0 Å². The smallest absolute Gasteiger partial charge is 0.178 e.